The Bertz CT molecular complexity index is 971. The molecular weight excluding hydrogens is 268 g/mol. The van der Waals surface area contributed by atoms with Gasteiger partial charge in [0, 0.05) is 22.4 Å². The van der Waals surface area contributed by atoms with Crippen LogP contribution in [0.4, 0.5) is 0 Å². The van der Waals surface area contributed by atoms with E-state index in [9.17, 15) is 9.90 Å². The molecule has 0 amide bonds. The minimum atomic E-state index is -0.478. The first-order valence-electron chi connectivity index (χ1n) is 6.40. The number of aromatic hydroxyl groups is 1. The lowest BCUT2D eigenvalue weighted by atomic mass is 10.0. The summed E-state index contributed by atoms with van der Waals surface area (Å²) in [5.74, 6) is 5.40. The highest BCUT2D eigenvalue weighted by Gasteiger charge is 2.10. The Hall–Kier alpha value is -2.77. The van der Waals surface area contributed by atoms with E-state index in [1.165, 1.54) is 6.07 Å². The van der Waals surface area contributed by atoms with E-state index in [0.717, 1.165) is 10.8 Å². The van der Waals surface area contributed by atoms with Gasteiger partial charge in [-0.05, 0) is 30.7 Å². The molecule has 3 rings (SSSR count). The fraction of sp³-hybridized carbons (Fsp3) is 0.118. The van der Waals surface area contributed by atoms with Gasteiger partial charge in [-0.15, -0.1) is 0 Å². The molecule has 0 saturated heterocycles. The van der Waals surface area contributed by atoms with Crippen molar-refractivity contribution in [3.8, 4) is 17.6 Å². The molecule has 3 aromatic rings. The second kappa shape index (κ2) is 4.97. The maximum atomic E-state index is 12.1. The third kappa shape index (κ3) is 2.24. The summed E-state index contributed by atoms with van der Waals surface area (Å²) < 4.78 is 5.26. The molecule has 4 nitrogen and oxygen atoms in total. The lowest BCUT2D eigenvalue weighted by Gasteiger charge is -2.05. The molecule has 0 fully saturated rings. The van der Waals surface area contributed by atoms with Gasteiger partial charge in [-0.2, -0.15) is 0 Å². The van der Waals surface area contributed by atoms with E-state index in [4.69, 9.17) is 9.52 Å². The molecule has 4 heteroatoms. The number of phenolic OH excluding ortho intramolecular Hbond substituents is 1. The van der Waals surface area contributed by atoms with E-state index >= 15 is 0 Å². The van der Waals surface area contributed by atoms with Gasteiger partial charge >= 0.3 is 5.63 Å². The smallest absolute Gasteiger partial charge is 0.344 e. The number of hydrogen-bond donors (Lipinski definition) is 2. The Morgan fingerprint density at radius 2 is 1.95 bits per heavy atom. The lowest BCUT2D eigenvalue weighted by Crippen LogP contribution is -2.00. The van der Waals surface area contributed by atoms with Crippen molar-refractivity contribution in [2.24, 2.45) is 0 Å². The number of phenols is 1. The van der Waals surface area contributed by atoms with Crippen molar-refractivity contribution in [2.75, 3.05) is 6.61 Å². The van der Waals surface area contributed by atoms with Crippen molar-refractivity contribution in [3.05, 3.63) is 51.9 Å². The molecule has 0 aliphatic rings. The molecule has 0 aliphatic carbocycles. The molecule has 0 atom stereocenters. The van der Waals surface area contributed by atoms with Crippen molar-refractivity contribution in [1.82, 2.24) is 0 Å². The average molecular weight is 280 g/mol. The van der Waals surface area contributed by atoms with Crippen LogP contribution in [0.2, 0.25) is 0 Å². The maximum Gasteiger partial charge on any atom is 0.344 e. The third-order valence-corrected chi connectivity index (χ3v) is 3.34. The monoisotopic (exact) mass is 280 g/mol. The Morgan fingerprint density at radius 1 is 1.14 bits per heavy atom. The Labute approximate surface area is 120 Å². The summed E-state index contributed by atoms with van der Waals surface area (Å²) in [6, 6.07) is 8.46. The zero-order valence-corrected chi connectivity index (χ0v) is 11.3. The summed E-state index contributed by atoms with van der Waals surface area (Å²) in [7, 11) is 0. The first-order valence-corrected chi connectivity index (χ1v) is 6.40. The van der Waals surface area contributed by atoms with Gasteiger partial charge in [-0.25, -0.2) is 4.79 Å². The minimum absolute atomic E-state index is 0.0930. The number of aliphatic hydroxyl groups is 1. The number of benzene rings is 2. The van der Waals surface area contributed by atoms with Crippen molar-refractivity contribution in [2.45, 2.75) is 6.92 Å². The Balaban J connectivity index is 2.40. The van der Waals surface area contributed by atoms with Crippen LogP contribution in [0, 0.1) is 18.8 Å². The predicted octanol–water partition coefficient (Wildman–Crippen LogP) is 2.30. The third-order valence-electron chi connectivity index (χ3n) is 3.34. The summed E-state index contributed by atoms with van der Waals surface area (Å²) in [5, 5.41) is 20.4. The van der Waals surface area contributed by atoms with Crippen molar-refractivity contribution in [1.29, 1.82) is 0 Å². The van der Waals surface area contributed by atoms with Gasteiger partial charge in [0.25, 0.3) is 0 Å². The average Bonchev–Trinajstić information content (AvgIpc) is 2.47. The fourth-order valence-electron chi connectivity index (χ4n) is 2.29. The topological polar surface area (TPSA) is 70.7 Å². The van der Waals surface area contributed by atoms with Crippen LogP contribution in [-0.4, -0.2) is 16.8 Å². The highest BCUT2D eigenvalue weighted by Crippen LogP contribution is 2.29. The second-order valence-electron chi connectivity index (χ2n) is 4.74. The minimum Gasteiger partial charge on any atom is -0.508 e. The van der Waals surface area contributed by atoms with Crippen LogP contribution >= 0.6 is 0 Å². The molecule has 104 valence electrons. The summed E-state index contributed by atoms with van der Waals surface area (Å²) in [6.07, 6.45) is 0. The molecule has 0 saturated carbocycles. The van der Waals surface area contributed by atoms with Crippen molar-refractivity contribution >= 4 is 21.7 Å². The molecule has 2 N–H and O–H groups in total. The number of fused-ring (bicyclic) bond motifs is 3. The van der Waals surface area contributed by atoms with Gasteiger partial charge < -0.3 is 14.6 Å². The number of rotatable bonds is 0. The van der Waals surface area contributed by atoms with E-state index < -0.39 is 5.63 Å². The van der Waals surface area contributed by atoms with Gasteiger partial charge in [-0.1, -0.05) is 17.9 Å². The summed E-state index contributed by atoms with van der Waals surface area (Å²) in [6.45, 7) is 1.55. The van der Waals surface area contributed by atoms with Gasteiger partial charge in [0.1, 0.15) is 17.9 Å². The summed E-state index contributed by atoms with van der Waals surface area (Å²) in [5.41, 5.74) is 1.22. The molecule has 0 unspecified atom stereocenters. The van der Waals surface area contributed by atoms with E-state index in [-0.39, 0.29) is 12.4 Å². The van der Waals surface area contributed by atoms with Crippen LogP contribution in [0.15, 0.2) is 39.5 Å². The van der Waals surface area contributed by atoms with E-state index in [0.29, 0.717) is 22.1 Å². The van der Waals surface area contributed by atoms with Crippen LogP contribution in [0.25, 0.3) is 21.7 Å². The van der Waals surface area contributed by atoms with Crippen LogP contribution in [-0.2, 0) is 0 Å². The van der Waals surface area contributed by atoms with Crippen LogP contribution < -0.4 is 5.63 Å². The number of aliphatic hydroxyl groups excluding tert-OH is 1. The van der Waals surface area contributed by atoms with Gasteiger partial charge in [0.2, 0.25) is 0 Å². The zero-order valence-electron chi connectivity index (χ0n) is 11.3. The highest BCUT2D eigenvalue weighted by molar-refractivity contribution is 6.05. The lowest BCUT2D eigenvalue weighted by molar-refractivity contribution is 0.350. The van der Waals surface area contributed by atoms with Crippen molar-refractivity contribution < 1.29 is 14.6 Å². The van der Waals surface area contributed by atoms with Gasteiger partial charge in [-0.3, -0.25) is 0 Å². The summed E-state index contributed by atoms with van der Waals surface area (Å²) in [4.78, 5) is 12.1. The van der Waals surface area contributed by atoms with Crippen LogP contribution in [0.3, 0.4) is 0 Å². The van der Waals surface area contributed by atoms with Crippen LogP contribution in [0.1, 0.15) is 11.1 Å². The normalized spacial score (nSPS) is 10.6. The molecule has 0 aliphatic heterocycles. The van der Waals surface area contributed by atoms with Gasteiger partial charge in [0.05, 0.1) is 5.39 Å². The molecule has 2 aromatic carbocycles. The zero-order chi connectivity index (χ0) is 15.0. The molecule has 0 bridgehead atoms. The second-order valence-corrected chi connectivity index (χ2v) is 4.74. The molecule has 21 heavy (non-hydrogen) atoms. The maximum absolute atomic E-state index is 12.1. The SMILES string of the molecule is Cc1cc2c(cc1O)oc(=O)c1cc(C#CCO)ccc12. The first-order chi connectivity index (χ1) is 10.1. The predicted molar refractivity (Wildman–Crippen MR) is 80.4 cm³/mol. The van der Waals surface area contributed by atoms with E-state index in [2.05, 4.69) is 11.8 Å². The molecular formula is C17H12O4. The Kier molecular flexibility index (Phi) is 3.13. The molecule has 1 aromatic heterocycles. The van der Waals surface area contributed by atoms with E-state index in [1.807, 2.05) is 0 Å². The standard InChI is InChI=1S/C17H12O4/c1-10-7-13-12-5-4-11(3-2-6-18)8-14(12)17(20)21-16(13)9-15(10)19/h4-5,7-9,18-19H,6H2,1H3. The first kappa shape index (κ1) is 13.2. The van der Waals surface area contributed by atoms with Crippen LogP contribution in [0.5, 0.6) is 5.75 Å². The fourth-order valence-corrected chi connectivity index (χ4v) is 2.29. The Morgan fingerprint density at radius 3 is 2.71 bits per heavy atom. The van der Waals surface area contributed by atoms with Gasteiger partial charge in [0.15, 0.2) is 0 Å². The molecule has 1 heterocycles. The number of hydrogen-bond acceptors (Lipinski definition) is 4. The molecule has 0 spiro atoms. The highest BCUT2D eigenvalue weighted by atomic mass is 16.4. The largest absolute Gasteiger partial charge is 0.508 e. The molecule has 0 radical (unpaired) electrons. The summed E-state index contributed by atoms with van der Waals surface area (Å²) >= 11 is 0. The quantitative estimate of drug-likeness (QED) is 0.376. The van der Waals surface area contributed by atoms with E-state index in [1.54, 1.807) is 31.2 Å². The van der Waals surface area contributed by atoms with Crippen molar-refractivity contribution in [3.63, 3.8) is 0 Å². The number of aryl methyl sites for hydroxylation is 1.